The summed E-state index contributed by atoms with van der Waals surface area (Å²) in [6.45, 7) is 3.25. The van der Waals surface area contributed by atoms with Crippen LogP contribution in [0.15, 0.2) is 76.4 Å². The van der Waals surface area contributed by atoms with E-state index in [1.54, 1.807) is 42.6 Å². The molecule has 33 heavy (non-hydrogen) atoms. The molecule has 0 saturated carbocycles. The number of aromatic amines is 1. The predicted molar refractivity (Wildman–Crippen MR) is 126 cm³/mol. The van der Waals surface area contributed by atoms with Crippen molar-refractivity contribution in [2.24, 2.45) is 0 Å². The second-order valence-corrected chi connectivity index (χ2v) is 7.50. The van der Waals surface area contributed by atoms with Gasteiger partial charge in [-0.15, -0.1) is 0 Å². The summed E-state index contributed by atoms with van der Waals surface area (Å²) in [4.78, 5) is 43.5. The Hall–Kier alpha value is -4.20. The van der Waals surface area contributed by atoms with Crippen LogP contribution in [-0.4, -0.2) is 33.6 Å². The molecule has 2 aromatic heterocycles. The Morgan fingerprint density at radius 2 is 1.76 bits per heavy atom. The fraction of sp³-hybridized carbons (Fsp3) is 0.200. The first-order valence-corrected chi connectivity index (χ1v) is 10.7. The number of amides is 1. The molecule has 4 rings (SSSR count). The van der Waals surface area contributed by atoms with Crippen LogP contribution >= 0.6 is 0 Å². The number of hydrogen-bond donors (Lipinski definition) is 2. The third kappa shape index (κ3) is 5.17. The summed E-state index contributed by atoms with van der Waals surface area (Å²) >= 11 is 0. The van der Waals surface area contributed by atoms with E-state index >= 15 is 0 Å². The van der Waals surface area contributed by atoms with Crippen LogP contribution in [0.2, 0.25) is 0 Å². The molecule has 8 heteroatoms. The average Bonchev–Trinajstić information content (AvgIpc) is 2.83. The molecule has 0 bridgehead atoms. The number of benzene rings is 2. The molecular weight excluding hydrogens is 420 g/mol. The third-order valence-electron chi connectivity index (χ3n) is 5.22. The van der Waals surface area contributed by atoms with Gasteiger partial charge in [-0.1, -0.05) is 24.3 Å². The molecule has 2 heterocycles. The fourth-order valence-electron chi connectivity index (χ4n) is 3.54. The van der Waals surface area contributed by atoms with Gasteiger partial charge in [0.05, 0.1) is 18.7 Å². The number of carbonyl (C=O) groups is 1. The molecule has 0 unspecified atom stereocenters. The zero-order chi connectivity index (χ0) is 23.2. The normalized spacial score (nSPS) is 10.8. The molecule has 0 aliphatic carbocycles. The smallest absolute Gasteiger partial charge is 0.318 e. The van der Waals surface area contributed by atoms with Crippen LogP contribution in [0.25, 0.3) is 11.2 Å². The standard InChI is InChI=1S/C25H24N4O4/c1-2-33-20-11-7-17(8-12-20)13-15-27-23(30)19-9-5-18(6-10-19)16-29-22-21(4-3-14-26-22)28-24(31)25(29)32/h3-12,14H,2,13,15-16H2,1H3,(H,27,30)(H,28,31). The van der Waals surface area contributed by atoms with Crippen molar-refractivity contribution in [2.75, 3.05) is 13.2 Å². The van der Waals surface area contributed by atoms with E-state index in [-0.39, 0.29) is 12.5 Å². The van der Waals surface area contributed by atoms with Crippen molar-refractivity contribution in [1.82, 2.24) is 19.9 Å². The summed E-state index contributed by atoms with van der Waals surface area (Å²) in [6, 6.07) is 18.1. The Bertz CT molecular complexity index is 1370. The number of H-pyrrole nitrogens is 1. The highest BCUT2D eigenvalue weighted by atomic mass is 16.5. The molecule has 2 aromatic carbocycles. The topological polar surface area (TPSA) is 106 Å². The van der Waals surface area contributed by atoms with E-state index < -0.39 is 11.1 Å². The number of carbonyl (C=O) groups excluding carboxylic acids is 1. The molecule has 0 saturated heterocycles. The van der Waals surface area contributed by atoms with Crippen LogP contribution in [0, 0.1) is 0 Å². The summed E-state index contributed by atoms with van der Waals surface area (Å²) in [5.74, 6) is 0.657. The Balaban J connectivity index is 1.39. The van der Waals surface area contributed by atoms with Crippen molar-refractivity contribution in [3.8, 4) is 5.75 Å². The summed E-state index contributed by atoms with van der Waals surface area (Å²) in [7, 11) is 0. The Labute approximate surface area is 189 Å². The highest BCUT2D eigenvalue weighted by molar-refractivity contribution is 5.94. The Morgan fingerprint density at radius 3 is 2.48 bits per heavy atom. The van der Waals surface area contributed by atoms with Crippen molar-refractivity contribution in [3.63, 3.8) is 0 Å². The number of rotatable bonds is 8. The van der Waals surface area contributed by atoms with E-state index in [0.29, 0.717) is 36.3 Å². The predicted octanol–water partition coefficient (Wildman–Crippen LogP) is 2.50. The lowest BCUT2D eigenvalue weighted by molar-refractivity contribution is 0.0954. The monoisotopic (exact) mass is 444 g/mol. The molecule has 0 aliphatic heterocycles. The Morgan fingerprint density at radius 1 is 1.03 bits per heavy atom. The minimum atomic E-state index is -0.695. The van der Waals surface area contributed by atoms with E-state index in [1.807, 2.05) is 31.2 Å². The molecule has 0 atom stereocenters. The minimum absolute atomic E-state index is 0.173. The van der Waals surface area contributed by atoms with Crippen molar-refractivity contribution in [3.05, 3.63) is 104 Å². The van der Waals surface area contributed by atoms with Gasteiger partial charge in [0.2, 0.25) is 0 Å². The van der Waals surface area contributed by atoms with Crippen LogP contribution in [0.1, 0.15) is 28.4 Å². The second kappa shape index (κ2) is 9.95. The lowest BCUT2D eigenvalue weighted by Crippen LogP contribution is -2.36. The minimum Gasteiger partial charge on any atom is -0.494 e. The van der Waals surface area contributed by atoms with E-state index in [9.17, 15) is 14.4 Å². The maximum absolute atomic E-state index is 12.5. The molecule has 2 N–H and O–H groups in total. The zero-order valence-electron chi connectivity index (χ0n) is 18.2. The summed E-state index contributed by atoms with van der Waals surface area (Å²) in [5, 5.41) is 2.92. The molecule has 1 amide bonds. The number of ether oxygens (including phenoxy) is 1. The summed E-state index contributed by atoms with van der Waals surface area (Å²) < 4.78 is 6.77. The van der Waals surface area contributed by atoms with Crippen LogP contribution in [0.4, 0.5) is 0 Å². The van der Waals surface area contributed by atoms with Gasteiger partial charge < -0.3 is 15.0 Å². The first-order valence-electron chi connectivity index (χ1n) is 10.7. The van der Waals surface area contributed by atoms with Crippen molar-refractivity contribution in [1.29, 1.82) is 0 Å². The van der Waals surface area contributed by atoms with E-state index in [0.717, 1.165) is 16.9 Å². The van der Waals surface area contributed by atoms with Gasteiger partial charge in [0.15, 0.2) is 5.65 Å². The van der Waals surface area contributed by atoms with Crippen molar-refractivity contribution in [2.45, 2.75) is 19.9 Å². The Kier molecular flexibility index (Phi) is 6.64. The highest BCUT2D eigenvalue weighted by Crippen LogP contribution is 2.13. The second-order valence-electron chi connectivity index (χ2n) is 7.50. The number of nitrogens with one attached hydrogen (secondary N) is 2. The molecule has 8 nitrogen and oxygen atoms in total. The van der Waals surface area contributed by atoms with Crippen LogP contribution in [0.3, 0.4) is 0 Å². The van der Waals surface area contributed by atoms with Gasteiger partial charge in [-0.2, -0.15) is 0 Å². The van der Waals surface area contributed by atoms with Gasteiger partial charge in [0.25, 0.3) is 5.91 Å². The SMILES string of the molecule is CCOc1ccc(CCNC(=O)c2ccc(Cn3c(=O)c(=O)[nH]c4cccnc43)cc2)cc1. The third-order valence-corrected chi connectivity index (χ3v) is 5.22. The number of aromatic nitrogens is 3. The number of hydrogen-bond acceptors (Lipinski definition) is 5. The number of fused-ring (bicyclic) bond motifs is 1. The van der Waals surface area contributed by atoms with Gasteiger partial charge in [0, 0.05) is 18.3 Å². The lowest BCUT2D eigenvalue weighted by Gasteiger charge is -2.10. The first kappa shape index (κ1) is 22.0. The van der Waals surface area contributed by atoms with Crippen molar-refractivity contribution >= 4 is 17.1 Å². The zero-order valence-corrected chi connectivity index (χ0v) is 18.2. The van der Waals surface area contributed by atoms with Crippen LogP contribution in [0.5, 0.6) is 5.75 Å². The largest absolute Gasteiger partial charge is 0.494 e. The van der Waals surface area contributed by atoms with Crippen molar-refractivity contribution < 1.29 is 9.53 Å². The van der Waals surface area contributed by atoms with Crippen LogP contribution in [-0.2, 0) is 13.0 Å². The first-order chi connectivity index (χ1) is 16.0. The molecule has 168 valence electrons. The lowest BCUT2D eigenvalue weighted by atomic mass is 10.1. The van der Waals surface area contributed by atoms with Gasteiger partial charge in [-0.3, -0.25) is 19.0 Å². The van der Waals surface area contributed by atoms with Gasteiger partial charge in [-0.25, -0.2) is 4.98 Å². The van der Waals surface area contributed by atoms with Gasteiger partial charge >= 0.3 is 11.1 Å². The van der Waals surface area contributed by atoms with Gasteiger partial charge in [-0.05, 0) is 60.9 Å². The molecular formula is C25H24N4O4. The highest BCUT2D eigenvalue weighted by Gasteiger charge is 2.10. The summed E-state index contributed by atoms with van der Waals surface area (Å²) in [6.07, 6.45) is 2.28. The average molecular weight is 444 g/mol. The quantitative estimate of drug-likeness (QED) is 0.406. The maximum Gasteiger partial charge on any atom is 0.318 e. The fourth-order valence-corrected chi connectivity index (χ4v) is 3.54. The molecule has 0 spiro atoms. The van der Waals surface area contributed by atoms with Crippen LogP contribution < -0.4 is 21.2 Å². The van der Waals surface area contributed by atoms with E-state index in [2.05, 4.69) is 15.3 Å². The van der Waals surface area contributed by atoms with E-state index in [4.69, 9.17) is 4.74 Å². The molecule has 4 aromatic rings. The molecule has 0 aliphatic rings. The number of nitrogens with zero attached hydrogens (tertiary/aromatic N) is 2. The van der Waals surface area contributed by atoms with E-state index in [1.165, 1.54) is 4.57 Å². The summed E-state index contributed by atoms with van der Waals surface area (Å²) in [5.41, 5.74) is 1.94. The molecule has 0 fully saturated rings. The number of pyridine rings is 1. The maximum atomic E-state index is 12.5. The molecule has 0 radical (unpaired) electrons. The van der Waals surface area contributed by atoms with Gasteiger partial charge in [0.1, 0.15) is 5.75 Å².